The van der Waals surface area contributed by atoms with Gasteiger partial charge in [0.05, 0.1) is 18.5 Å². The summed E-state index contributed by atoms with van der Waals surface area (Å²) in [5.74, 6) is 0.966. The van der Waals surface area contributed by atoms with Crippen LogP contribution in [0.2, 0.25) is 0 Å². The van der Waals surface area contributed by atoms with Crippen LogP contribution in [0.5, 0.6) is 0 Å². The van der Waals surface area contributed by atoms with Gasteiger partial charge in [-0.2, -0.15) is 0 Å². The molecule has 50 heavy (non-hydrogen) atoms. The molecule has 0 amide bonds. The van der Waals surface area contributed by atoms with Crippen LogP contribution in [-0.4, -0.2) is 6.17 Å². The van der Waals surface area contributed by atoms with Gasteiger partial charge in [0.15, 0.2) is 0 Å². The number of nitrogens with one attached hydrogen (secondary N) is 3. The van der Waals surface area contributed by atoms with E-state index in [1.165, 1.54) is 60.9 Å². The van der Waals surface area contributed by atoms with E-state index in [1.807, 2.05) is 0 Å². The molecule has 5 atom stereocenters. The highest BCUT2D eigenvalue weighted by molar-refractivity contribution is 5.96. The van der Waals surface area contributed by atoms with Crippen LogP contribution in [0.4, 0.5) is 0 Å². The van der Waals surface area contributed by atoms with E-state index >= 15 is 0 Å². The van der Waals surface area contributed by atoms with Gasteiger partial charge in [0, 0.05) is 11.8 Å². The Bertz CT molecular complexity index is 2130. The SMILES string of the molecule is CC1CC=Cc2c1cc(C1CC(C3NC(c4ccccc4)NC(c4ccccc4)N3)=CC=C1C1=CC3=CC(C=CC=C3)C=C1)c1ccccc21. The first-order chi connectivity index (χ1) is 24.7. The van der Waals surface area contributed by atoms with Gasteiger partial charge in [-0.1, -0.05) is 165 Å². The molecule has 2 bridgehead atoms. The van der Waals surface area contributed by atoms with Crippen LogP contribution in [0.1, 0.15) is 71.8 Å². The molecule has 0 saturated carbocycles. The summed E-state index contributed by atoms with van der Waals surface area (Å²) in [6.45, 7) is 2.38. The summed E-state index contributed by atoms with van der Waals surface area (Å²) in [6, 6.07) is 33.2. The molecule has 5 aliphatic rings. The highest BCUT2D eigenvalue weighted by Gasteiger charge is 2.35. The lowest BCUT2D eigenvalue weighted by atomic mass is 9.74. The molecule has 3 heteroatoms. The molecular weight excluding hydrogens is 607 g/mol. The molecule has 1 fully saturated rings. The first-order valence-electron chi connectivity index (χ1n) is 18.2. The predicted molar refractivity (Wildman–Crippen MR) is 208 cm³/mol. The maximum atomic E-state index is 3.96. The van der Waals surface area contributed by atoms with Gasteiger partial charge in [-0.15, -0.1) is 0 Å². The Morgan fingerprint density at radius 3 is 2.10 bits per heavy atom. The summed E-state index contributed by atoms with van der Waals surface area (Å²) in [4.78, 5) is 0. The Kier molecular flexibility index (Phi) is 8.26. The molecule has 9 rings (SSSR count). The zero-order valence-electron chi connectivity index (χ0n) is 28.5. The number of fused-ring (bicyclic) bond motifs is 4. The van der Waals surface area contributed by atoms with E-state index in [0.717, 1.165) is 12.8 Å². The summed E-state index contributed by atoms with van der Waals surface area (Å²) in [6.07, 6.45) is 29.8. The normalized spacial score (nSPS) is 27.1. The Morgan fingerprint density at radius 1 is 0.640 bits per heavy atom. The van der Waals surface area contributed by atoms with Crippen molar-refractivity contribution in [1.82, 2.24) is 16.0 Å². The molecule has 1 aliphatic heterocycles. The Hall–Kier alpha value is -5.06. The second kappa shape index (κ2) is 13.3. The van der Waals surface area contributed by atoms with Crippen molar-refractivity contribution in [2.24, 2.45) is 5.92 Å². The van der Waals surface area contributed by atoms with E-state index in [2.05, 4.69) is 187 Å². The molecule has 1 saturated heterocycles. The molecular formula is C47H43N3. The number of rotatable bonds is 5. The molecule has 3 nitrogen and oxygen atoms in total. The third-order valence-electron chi connectivity index (χ3n) is 11.0. The van der Waals surface area contributed by atoms with Gasteiger partial charge < -0.3 is 0 Å². The zero-order chi connectivity index (χ0) is 33.4. The molecule has 246 valence electrons. The number of hydrogen-bond donors (Lipinski definition) is 3. The maximum absolute atomic E-state index is 3.96. The highest BCUT2D eigenvalue weighted by atomic mass is 15.4. The van der Waals surface area contributed by atoms with Crippen molar-refractivity contribution in [2.75, 3.05) is 0 Å². The standard InChI is InChI=1S/C47H43N3/c1-31-13-12-22-40-39-20-10-11-21-41(39)44(30-42(31)40)43-29-37(25-26-38(43)36-24-23-32-14-8-9-15-33(27-32)28-36)47-49-45(34-16-4-2-5-17-34)48-46(50-47)35-18-6-3-7-19-35/h2-12,14-28,30-32,43,45-50H,13,29H2,1H3. The van der Waals surface area contributed by atoms with Crippen LogP contribution >= 0.6 is 0 Å². The van der Waals surface area contributed by atoms with Gasteiger partial charge in [0.25, 0.3) is 0 Å². The van der Waals surface area contributed by atoms with Crippen LogP contribution < -0.4 is 16.0 Å². The molecule has 0 spiro atoms. The third kappa shape index (κ3) is 5.92. The van der Waals surface area contributed by atoms with E-state index < -0.39 is 0 Å². The Balaban J connectivity index is 1.17. The van der Waals surface area contributed by atoms with E-state index in [0.29, 0.717) is 11.8 Å². The Labute approximate surface area is 295 Å². The fourth-order valence-corrected chi connectivity index (χ4v) is 8.43. The molecule has 5 unspecified atom stereocenters. The fraction of sp³-hybridized carbons (Fsp3) is 0.191. The largest absolute Gasteiger partial charge is 0.279 e. The summed E-state index contributed by atoms with van der Waals surface area (Å²) in [7, 11) is 0. The van der Waals surface area contributed by atoms with Gasteiger partial charge in [0.2, 0.25) is 0 Å². The smallest absolute Gasteiger partial charge is 0.0864 e. The second-order valence-electron chi connectivity index (χ2n) is 14.2. The van der Waals surface area contributed by atoms with Crippen LogP contribution in [0.15, 0.2) is 180 Å². The van der Waals surface area contributed by atoms with E-state index in [4.69, 9.17) is 0 Å². The zero-order valence-corrected chi connectivity index (χ0v) is 28.5. The molecule has 4 aromatic carbocycles. The molecule has 1 heterocycles. The third-order valence-corrected chi connectivity index (χ3v) is 11.0. The van der Waals surface area contributed by atoms with Crippen molar-refractivity contribution in [3.05, 3.63) is 208 Å². The maximum Gasteiger partial charge on any atom is 0.0864 e. The molecule has 4 aromatic rings. The number of benzene rings is 4. The lowest BCUT2D eigenvalue weighted by Gasteiger charge is -2.42. The second-order valence-corrected chi connectivity index (χ2v) is 14.2. The van der Waals surface area contributed by atoms with Crippen LogP contribution in [0, 0.1) is 5.92 Å². The van der Waals surface area contributed by atoms with Gasteiger partial charge in [-0.3, -0.25) is 16.0 Å². The average Bonchev–Trinajstić information content (AvgIpc) is 3.54. The first-order valence-corrected chi connectivity index (χ1v) is 18.2. The number of allylic oxidation sites excluding steroid dienone is 14. The van der Waals surface area contributed by atoms with E-state index in [-0.39, 0.29) is 24.4 Å². The monoisotopic (exact) mass is 649 g/mol. The van der Waals surface area contributed by atoms with Crippen molar-refractivity contribution < 1.29 is 0 Å². The quantitative estimate of drug-likeness (QED) is 0.201. The van der Waals surface area contributed by atoms with Gasteiger partial charge in [-0.05, 0) is 85.7 Å². The van der Waals surface area contributed by atoms with Crippen molar-refractivity contribution >= 4 is 16.8 Å². The Morgan fingerprint density at radius 2 is 1.34 bits per heavy atom. The fourth-order valence-electron chi connectivity index (χ4n) is 8.43. The topological polar surface area (TPSA) is 36.1 Å². The number of hydrogen-bond acceptors (Lipinski definition) is 3. The van der Waals surface area contributed by atoms with Crippen molar-refractivity contribution in [3.63, 3.8) is 0 Å². The van der Waals surface area contributed by atoms with Gasteiger partial charge in [-0.25, -0.2) is 0 Å². The van der Waals surface area contributed by atoms with Crippen molar-refractivity contribution in [3.8, 4) is 0 Å². The van der Waals surface area contributed by atoms with Gasteiger partial charge in [0.1, 0.15) is 0 Å². The molecule has 3 N–H and O–H groups in total. The highest BCUT2D eigenvalue weighted by Crippen LogP contribution is 2.46. The minimum atomic E-state index is -0.0186. The summed E-state index contributed by atoms with van der Waals surface area (Å²) >= 11 is 0. The summed E-state index contributed by atoms with van der Waals surface area (Å²) < 4.78 is 0. The van der Waals surface area contributed by atoms with Crippen molar-refractivity contribution in [2.45, 2.75) is 50.1 Å². The lowest BCUT2D eigenvalue weighted by Crippen LogP contribution is -2.59. The van der Waals surface area contributed by atoms with Crippen molar-refractivity contribution in [1.29, 1.82) is 0 Å². The lowest BCUT2D eigenvalue weighted by molar-refractivity contribution is 0.218. The first kappa shape index (κ1) is 31.0. The van der Waals surface area contributed by atoms with Crippen LogP contribution in [0.3, 0.4) is 0 Å². The minimum absolute atomic E-state index is 0.00268. The molecule has 0 aromatic heterocycles. The molecule has 0 radical (unpaired) electrons. The van der Waals surface area contributed by atoms with E-state index in [9.17, 15) is 0 Å². The van der Waals surface area contributed by atoms with Crippen LogP contribution in [0.25, 0.3) is 16.8 Å². The van der Waals surface area contributed by atoms with Gasteiger partial charge >= 0.3 is 0 Å². The minimum Gasteiger partial charge on any atom is -0.279 e. The summed E-state index contributed by atoms with van der Waals surface area (Å²) in [5.41, 5.74) is 12.1. The predicted octanol–water partition coefficient (Wildman–Crippen LogP) is 10.4. The van der Waals surface area contributed by atoms with E-state index in [1.54, 1.807) is 0 Å². The molecule has 4 aliphatic carbocycles. The summed E-state index contributed by atoms with van der Waals surface area (Å²) in [5, 5.41) is 14.5. The average molecular weight is 650 g/mol. The van der Waals surface area contributed by atoms with Crippen LogP contribution in [-0.2, 0) is 0 Å².